The summed E-state index contributed by atoms with van der Waals surface area (Å²) in [6.07, 6.45) is 0.846. The topological polar surface area (TPSA) is 91.7 Å². The molecule has 74 valence electrons. The summed E-state index contributed by atoms with van der Waals surface area (Å²) >= 11 is 0. The van der Waals surface area contributed by atoms with Crippen LogP contribution in [0.1, 0.15) is 20.7 Å². The molecule has 0 unspecified atom stereocenters. The van der Waals surface area contributed by atoms with E-state index in [1.807, 2.05) is 0 Å². The number of carbonyl (C=O) groups is 2. The Labute approximate surface area is 79.5 Å². The first-order chi connectivity index (χ1) is 6.47. The summed E-state index contributed by atoms with van der Waals surface area (Å²) in [6.45, 7) is 0. The monoisotopic (exact) mass is 214 g/mol. The molecule has 1 aromatic carbocycles. The molecule has 0 aliphatic heterocycles. The van der Waals surface area contributed by atoms with Gasteiger partial charge < -0.3 is 9.79 Å². The molecule has 5 nitrogen and oxygen atoms in total. The van der Waals surface area contributed by atoms with Crippen LogP contribution in [0.3, 0.4) is 0 Å². The zero-order chi connectivity index (χ0) is 10.8. The molecule has 0 radical (unpaired) electrons. The highest BCUT2D eigenvalue weighted by Gasteiger charge is 2.18. The van der Waals surface area contributed by atoms with Gasteiger partial charge in [-0.2, -0.15) is 0 Å². The summed E-state index contributed by atoms with van der Waals surface area (Å²) in [4.78, 5) is 38.4. The van der Waals surface area contributed by atoms with E-state index >= 15 is 0 Å². The van der Waals surface area contributed by atoms with Crippen LogP contribution in [0, 0.1) is 0 Å². The van der Waals surface area contributed by atoms with Crippen LogP contribution in [-0.4, -0.2) is 22.4 Å². The summed E-state index contributed by atoms with van der Waals surface area (Å²) in [7, 11) is -4.42. The molecule has 0 aliphatic carbocycles. The van der Waals surface area contributed by atoms with Gasteiger partial charge in [-0.05, 0) is 18.2 Å². The molecule has 1 rings (SSSR count). The van der Waals surface area contributed by atoms with Gasteiger partial charge in [0.1, 0.15) is 12.6 Å². The fraction of sp³-hybridized carbons (Fsp3) is 0. The van der Waals surface area contributed by atoms with Crippen LogP contribution in [-0.2, 0) is 4.57 Å². The van der Waals surface area contributed by atoms with Gasteiger partial charge in [-0.15, -0.1) is 0 Å². The van der Waals surface area contributed by atoms with Crippen molar-refractivity contribution >= 4 is 25.5 Å². The predicted octanol–water partition coefficient (Wildman–Crippen LogP) is 0.115. The third kappa shape index (κ3) is 2.35. The van der Waals surface area contributed by atoms with Gasteiger partial charge in [-0.25, -0.2) is 0 Å². The Kier molecular flexibility index (Phi) is 2.96. The van der Waals surface area contributed by atoms with Gasteiger partial charge in [0.15, 0.2) is 0 Å². The van der Waals surface area contributed by atoms with Gasteiger partial charge in [0.2, 0.25) is 0 Å². The van der Waals surface area contributed by atoms with E-state index in [9.17, 15) is 14.2 Å². The normalized spacial score (nSPS) is 11.0. The van der Waals surface area contributed by atoms with Crippen molar-refractivity contribution in [2.75, 3.05) is 0 Å². The van der Waals surface area contributed by atoms with Crippen LogP contribution < -0.4 is 5.30 Å². The van der Waals surface area contributed by atoms with Crippen molar-refractivity contribution in [3.63, 3.8) is 0 Å². The number of aldehydes is 2. The first-order valence-corrected chi connectivity index (χ1v) is 5.20. The number of hydrogen-bond acceptors (Lipinski definition) is 3. The largest absolute Gasteiger partial charge is 0.356 e. The van der Waals surface area contributed by atoms with E-state index in [4.69, 9.17) is 9.79 Å². The molecule has 0 fully saturated rings. The van der Waals surface area contributed by atoms with E-state index in [-0.39, 0.29) is 16.4 Å². The zero-order valence-electron chi connectivity index (χ0n) is 6.95. The van der Waals surface area contributed by atoms with E-state index < -0.39 is 7.60 Å². The van der Waals surface area contributed by atoms with Gasteiger partial charge >= 0.3 is 7.60 Å². The molecule has 0 heterocycles. The van der Waals surface area contributed by atoms with Crippen molar-refractivity contribution in [2.45, 2.75) is 0 Å². The quantitative estimate of drug-likeness (QED) is 0.550. The molecule has 0 amide bonds. The smallest absolute Gasteiger partial charge is 0.321 e. The molecule has 0 aliphatic rings. The molecule has 0 bridgehead atoms. The van der Waals surface area contributed by atoms with E-state index in [2.05, 4.69) is 0 Å². The molecule has 14 heavy (non-hydrogen) atoms. The van der Waals surface area contributed by atoms with E-state index in [0.29, 0.717) is 12.6 Å². The van der Waals surface area contributed by atoms with Gasteiger partial charge in [-0.1, -0.05) is 0 Å². The SMILES string of the molecule is O=Cc1cc(C=O)cc(P(=O)(O)O)c1. The van der Waals surface area contributed by atoms with E-state index in [1.165, 1.54) is 6.07 Å². The highest BCUT2D eigenvalue weighted by atomic mass is 31.2. The Balaban J connectivity index is 3.38. The number of rotatable bonds is 3. The van der Waals surface area contributed by atoms with Gasteiger partial charge in [0, 0.05) is 11.1 Å². The average Bonchev–Trinajstić information content (AvgIpc) is 2.15. The lowest BCUT2D eigenvalue weighted by atomic mass is 10.1. The lowest BCUT2D eigenvalue weighted by molar-refractivity contribution is 0.112. The molecular weight excluding hydrogens is 207 g/mol. The fourth-order valence-electron chi connectivity index (χ4n) is 0.963. The molecule has 0 saturated heterocycles. The molecule has 2 N–H and O–H groups in total. The third-order valence-electron chi connectivity index (χ3n) is 1.57. The minimum absolute atomic E-state index is 0.0629. The minimum Gasteiger partial charge on any atom is -0.321 e. The maximum Gasteiger partial charge on any atom is 0.356 e. The van der Waals surface area contributed by atoms with Crippen molar-refractivity contribution in [1.82, 2.24) is 0 Å². The summed E-state index contributed by atoms with van der Waals surface area (Å²) in [5, 5.41) is -0.329. The summed E-state index contributed by atoms with van der Waals surface area (Å²) in [5.41, 5.74) is 0.126. The third-order valence-corrected chi connectivity index (χ3v) is 2.50. The molecule has 0 spiro atoms. The minimum atomic E-state index is -4.42. The predicted molar refractivity (Wildman–Crippen MR) is 48.9 cm³/mol. The summed E-state index contributed by atoms with van der Waals surface area (Å²) in [5.74, 6) is 0. The van der Waals surface area contributed by atoms with Crippen LogP contribution in [0.2, 0.25) is 0 Å². The second-order valence-electron chi connectivity index (χ2n) is 2.64. The Morgan fingerprint density at radius 3 is 1.71 bits per heavy atom. The first kappa shape index (κ1) is 10.8. The maximum atomic E-state index is 10.8. The Morgan fingerprint density at radius 2 is 1.43 bits per heavy atom. The van der Waals surface area contributed by atoms with Crippen molar-refractivity contribution in [1.29, 1.82) is 0 Å². The van der Waals surface area contributed by atoms with Gasteiger partial charge in [-0.3, -0.25) is 14.2 Å². The Morgan fingerprint density at radius 1 is 1.00 bits per heavy atom. The number of carbonyl (C=O) groups excluding carboxylic acids is 2. The molecule has 0 saturated carbocycles. The zero-order valence-corrected chi connectivity index (χ0v) is 7.85. The molecular formula is C8H7O5P. The van der Waals surface area contributed by atoms with Crippen molar-refractivity contribution < 1.29 is 23.9 Å². The second kappa shape index (κ2) is 3.84. The number of benzene rings is 1. The molecule has 6 heteroatoms. The number of hydrogen-bond donors (Lipinski definition) is 2. The highest BCUT2D eigenvalue weighted by molar-refractivity contribution is 7.60. The Hall–Kier alpha value is -1.29. The molecule has 0 atom stereocenters. The van der Waals surface area contributed by atoms with Crippen LogP contribution in [0.5, 0.6) is 0 Å². The molecule has 1 aromatic rings. The van der Waals surface area contributed by atoms with Crippen LogP contribution in [0.4, 0.5) is 0 Å². The van der Waals surface area contributed by atoms with Crippen molar-refractivity contribution in [2.24, 2.45) is 0 Å². The first-order valence-electron chi connectivity index (χ1n) is 3.59. The van der Waals surface area contributed by atoms with Gasteiger partial charge in [0.25, 0.3) is 0 Å². The van der Waals surface area contributed by atoms with Crippen LogP contribution >= 0.6 is 7.60 Å². The van der Waals surface area contributed by atoms with E-state index in [1.54, 1.807) is 0 Å². The highest BCUT2D eigenvalue weighted by Crippen LogP contribution is 2.33. The van der Waals surface area contributed by atoms with E-state index in [0.717, 1.165) is 12.1 Å². The average molecular weight is 214 g/mol. The molecule has 0 aromatic heterocycles. The maximum absolute atomic E-state index is 10.8. The summed E-state index contributed by atoms with van der Waals surface area (Å²) in [6, 6.07) is 3.36. The van der Waals surface area contributed by atoms with Crippen molar-refractivity contribution in [3.05, 3.63) is 29.3 Å². The van der Waals surface area contributed by atoms with Crippen LogP contribution in [0.15, 0.2) is 18.2 Å². The summed E-state index contributed by atoms with van der Waals surface area (Å²) < 4.78 is 10.8. The van der Waals surface area contributed by atoms with Gasteiger partial charge in [0.05, 0.1) is 5.30 Å². The lowest BCUT2D eigenvalue weighted by Crippen LogP contribution is -2.06. The Bertz CT molecular complexity index is 393. The second-order valence-corrected chi connectivity index (χ2v) is 4.24. The lowest BCUT2D eigenvalue weighted by Gasteiger charge is -2.04. The fourth-order valence-corrected chi connectivity index (χ4v) is 1.60. The standard InChI is InChI=1S/C8H7O5P/c9-4-6-1-7(5-10)3-8(2-6)14(11,12)13/h1-5H,(H2,11,12,13). The van der Waals surface area contributed by atoms with Crippen molar-refractivity contribution in [3.8, 4) is 0 Å². The van der Waals surface area contributed by atoms with Crippen LogP contribution in [0.25, 0.3) is 0 Å².